The Bertz CT molecular complexity index is 534. The minimum absolute atomic E-state index is 0.146. The van der Waals surface area contributed by atoms with Gasteiger partial charge >= 0.3 is 0 Å². The van der Waals surface area contributed by atoms with E-state index in [2.05, 4.69) is 17.1 Å². The van der Waals surface area contributed by atoms with Crippen LogP contribution in [0.3, 0.4) is 0 Å². The second-order valence-electron chi connectivity index (χ2n) is 10.3. The highest BCUT2D eigenvalue weighted by molar-refractivity contribution is 5.81. The van der Waals surface area contributed by atoms with Gasteiger partial charge in [-0.1, -0.05) is 13.3 Å². The van der Waals surface area contributed by atoms with Crippen LogP contribution in [0, 0.1) is 17.3 Å². The molecule has 2 saturated heterocycles. The third-order valence-electron chi connectivity index (χ3n) is 8.45. The highest BCUT2D eigenvalue weighted by atomic mass is 16.5. The van der Waals surface area contributed by atoms with Gasteiger partial charge in [0, 0.05) is 31.3 Å². The van der Waals surface area contributed by atoms with Crippen LogP contribution in [0.2, 0.25) is 0 Å². The Balaban J connectivity index is 1.20. The summed E-state index contributed by atoms with van der Waals surface area (Å²) in [6, 6.07) is 0.605. The number of rotatable bonds is 4. The number of nitrogens with zero attached hydrogens (tertiary/aromatic N) is 1. The van der Waals surface area contributed by atoms with Crippen molar-refractivity contribution in [3.05, 3.63) is 0 Å². The van der Waals surface area contributed by atoms with E-state index in [9.17, 15) is 4.79 Å². The number of piperidine rings is 1. The molecule has 0 aromatic rings. The fourth-order valence-corrected chi connectivity index (χ4v) is 7.69. The monoisotopic (exact) mass is 360 g/mol. The molecule has 4 heteroatoms. The van der Waals surface area contributed by atoms with Gasteiger partial charge in [0.1, 0.15) is 6.10 Å². The largest absolute Gasteiger partial charge is 0.368 e. The molecule has 2 heterocycles. The smallest absolute Gasteiger partial charge is 0.251 e. The summed E-state index contributed by atoms with van der Waals surface area (Å²) < 4.78 is 5.60. The van der Waals surface area contributed by atoms with Crippen LogP contribution in [-0.2, 0) is 9.53 Å². The molecule has 2 aliphatic heterocycles. The van der Waals surface area contributed by atoms with Gasteiger partial charge in [0.2, 0.25) is 0 Å². The number of ether oxygens (including phenoxy) is 1. The Morgan fingerprint density at radius 1 is 1.12 bits per heavy atom. The summed E-state index contributed by atoms with van der Waals surface area (Å²) in [6.45, 7) is 5.02. The molecule has 2 unspecified atom stereocenters. The standard InChI is InChI=1S/C22H36N2O2/c1-2-21-11-16-10-17(12-21)14-22(13-16,15-21)23-18-5-7-24(8-6-18)20(25)19-4-3-9-26-19/h16-19,23H,2-15H2,1H3/t16-,17+,19-,21?,22?/m0/s1. The van der Waals surface area contributed by atoms with Crippen molar-refractivity contribution in [2.75, 3.05) is 19.7 Å². The van der Waals surface area contributed by atoms with Crippen LogP contribution < -0.4 is 5.32 Å². The van der Waals surface area contributed by atoms with Gasteiger partial charge in [-0.15, -0.1) is 0 Å². The van der Waals surface area contributed by atoms with Crippen molar-refractivity contribution in [2.45, 2.75) is 95.2 Å². The molecular formula is C22H36N2O2. The maximum atomic E-state index is 12.6. The van der Waals surface area contributed by atoms with Crippen molar-refractivity contribution in [3.63, 3.8) is 0 Å². The van der Waals surface area contributed by atoms with E-state index < -0.39 is 0 Å². The maximum Gasteiger partial charge on any atom is 0.251 e. The fourth-order valence-electron chi connectivity index (χ4n) is 7.69. The molecular weight excluding hydrogens is 324 g/mol. The van der Waals surface area contributed by atoms with E-state index in [-0.39, 0.29) is 12.0 Å². The summed E-state index contributed by atoms with van der Waals surface area (Å²) in [5.41, 5.74) is 1.07. The van der Waals surface area contributed by atoms with Crippen molar-refractivity contribution in [3.8, 4) is 0 Å². The third kappa shape index (κ3) is 3.01. The van der Waals surface area contributed by atoms with E-state index in [4.69, 9.17) is 4.74 Å². The summed E-state index contributed by atoms with van der Waals surface area (Å²) >= 11 is 0. The molecule has 6 rings (SSSR count). The van der Waals surface area contributed by atoms with Gasteiger partial charge in [0.05, 0.1) is 0 Å². The third-order valence-corrected chi connectivity index (χ3v) is 8.45. The van der Waals surface area contributed by atoms with E-state index in [1.165, 1.54) is 44.9 Å². The highest BCUT2D eigenvalue weighted by Gasteiger charge is 2.57. The average Bonchev–Trinajstić information content (AvgIpc) is 3.15. The quantitative estimate of drug-likeness (QED) is 0.834. The van der Waals surface area contributed by atoms with E-state index in [0.717, 1.165) is 57.2 Å². The molecule has 1 N–H and O–H groups in total. The molecule has 6 fully saturated rings. The number of likely N-dealkylation sites (tertiary alicyclic amines) is 1. The topological polar surface area (TPSA) is 41.6 Å². The second-order valence-corrected chi connectivity index (χ2v) is 10.3. The molecule has 4 nitrogen and oxygen atoms in total. The van der Waals surface area contributed by atoms with Gasteiger partial charge in [-0.25, -0.2) is 0 Å². The molecule has 0 aromatic heterocycles. The summed E-state index contributed by atoms with van der Waals surface area (Å²) in [7, 11) is 0. The zero-order chi connectivity index (χ0) is 17.8. The number of carbonyl (C=O) groups excluding carboxylic acids is 1. The van der Waals surface area contributed by atoms with Gasteiger partial charge in [0.15, 0.2) is 0 Å². The molecule has 4 aliphatic carbocycles. The van der Waals surface area contributed by atoms with Gasteiger partial charge < -0.3 is 15.0 Å². The first-order chi connectivity index (χ1) is 12.6. The molecule has 146 valence electrons. The first-order valence-electron chi connectivity index (χ1n) is 11.3. The molecule has 6 aliphatic rings. The van der Waals surface area contributed by atoms with Crippen LogP contribution in [0.25, 0.3) is 0 Å². The average molecular weight is 361 g/mol. The minimum Gasteiger partial charge on any atom is -0.368 e. The molecule has 0 radical (unpaired) electrons. The van der Waals surface area contributed by atoms with Crippen molar-refractivity contribution < 1.29 is 9.53 Å². The number of carbonyl (C=O) groups is 1. The van der Waals surface area contributed by atoms with Crippen molar-refractivity contribution in [1.29, 1.82) is 0 Å². The van der Waals surface area contributed by atoms with Crippen LogP contribution in [0.4, 0.5) is 0 Å². The Kier molecular flexibility index (Phi) is 4.36. The van der Waals surface area contributed by atoms with Crippen molar-refractivity contribution >= 4 is 5.91 Å². The first kappa shape index (κ1) is 17.5. The zero-order valence-electron chi connectivity index (χ0n) is 16.5. The van der Waals surface area contributed by atoms with Gasteiger partial charge in [-0.2, -0.15) is 0 Å². The first-order valence-corrected chi connectivity index (χ1v) is 11.3. The SMILES string of the molecule is CCC12C[C@H]3C[C@@H](C1)CC(NC1CCN(C(=O)[C@@H]4CCCO4)CC1)(C3)C2. The van der Waals surface area contributed by atoms with E-state index in [1.54, 1.807) is 0 Å². The lowest BCUT2D eigenvalue weighted by molar-refractivity contribution is -0.142. The predicted molar refractivity (Wildman–Crippen MR) is 102 cm³/mol. The van der Waals surface area contributed by atoms with Gasteiger partial charge in [-0.05, 0) is 81.5 Å². The van der Waals surface area contributed by atoms with E-state index in [1.807, 2.05) is 0 Å². The lowest BCUT2D eigenvalue weighted by atomic mass is 9.46. The number of hydrogen-bond acceptors (Lipinski definition) is 3. The van der Waals surface area contributed by atoms with E-state index >= 15 is 0 Å². The molecule has 1 amide bonds. The Hall–Kier alpha value is -0.610. The molecule has 5 atom stereocenters. The Morgan fingerprint density at radius 3 is 2.46 bits per heavy atom. The van der Waals surface area contributed by atoms with E-state index in [0.29, 0.717) is 17.0 Å². The Labute approximate surface area is 158 Å². The summed E-state index contributed by atoms with van der Waals surface area (Å²) in [5, 5.41) is 4.18. The number of amides is 1. The molecule has 4 saturated carbocycles. The lowest BCUT2D eigenvalue weighted by Crippen LogP contribution is -2.64. The predicted octanol–water partition coefficient (Wildman–Crippen LogP) is 3.50. The summed E-state index contributed by atoms with van der Waals surface area (Å²) in [6.07, 6.45) is 14.2. The Morgan fingerprint density at radius 2 is 1.85 bits per heavy atom. The van der Waals surface area contributed by atoms with Crippen LogP contribution in [-0.4, -0.2) is 48.2 Å². The normalized spacial score (nSPS) is 45.4. The van der Waals surface area contributed by atoms with Crippen molar-refractivity contribution in [2.24, 2.45) is 17.3 Å². The molecule has 26 heavy (non-hydrogen) atoms. The summed E-state index contributed by atoms with van der Waals surface area (Å²) in [5.74, 6) is 2.20. The zero-order valence-corrected chi connectivity index (χ0v) is 16.5. The molecule has 0 spiro atoms. The minimum atomic E-state index is -0.146. The second kappa shape index (κ2) is 6.48. The fraction of sp³-hybridized carbons (Fsp3) is 0.955. The summed E-state index contributed by atoms with van der Waals surface area (Å²) in [4.78, 5) is 14.6. The van der Waals surface area contributed by atoms with Gasteiger partial charge in [-0.3, -0.25) is 4.79 Å². The number of nitrogens with one attached hydrogen (secondary N) is 1. The molecule has 4 bridgehead atoms. The van der Waals surface area contributed by atoms with Crippen LogP contribution >= 0.6 is 0 Å². The van der Waals surface area contributed by atoms with Crippen LogP contribution in [0.15, 0.2) is 0 Å². The van der Waals surface area contributed by atoms with Crippen LogP contribution in [0.5, 0.6) is 0 Å². The highest BCUT2D eigenvalue weighted by Crippen LogP contribution is 2.62. The van der Waals surface area contributed by atoms with Gasteiger partial charge in [0.25, 0.3) is 5.91 Å². The molecule has 0 aromatic carbocycles. The number of hydrogen-bond donors (Lipinski definition) is 1. The lowest BCUT2D eigenvalue weighted by Gasteiger charge is -2.63. The van der Waals surface area contributed by atoms with Crippen molar-refractivity contribution in [1.82, 2.24) is 10.2 Å². The van der Waals surface area contributed by atoms with Crippen LogP contribution in [0.1, 0.15) is 77.6 Å². The maximum absolute atomic E-state index is 12.6.